The zero-order chi connectivity index (χ0) is 22.0. The molecule has 1 fully saturated rings. The largest absolute Gasteiger partial charge is 0.444 e. The van der Waals surface area contributed by atoms with E-state index < -0.39 is 5.60 Å². The molecule has 0 radical (unpaired) electrons. The maximum absolute atomic E-state index is 12.2. The zero-order valence-electron chi connectivity index (χ0n) is 17.7. The molecule has 0 saturated carbocycles. The van der Waals surface area contributed by atoms with E-state index in [0.29, 0.717) is 48.6 Å². The summed E-state index contributed by atoms with van der Waals surface area (Å²) >= 11 is 0. The minimum absolute atomic E-state index is 0.0809. The minimum Gasteiger partial charge on any atom is -0.444 e. The van der Waals surface area contributed by atoms with E-state index >= 15 is 0 Å². The van der Waals surface area contributed by atoms with Crippen molar-refractivity contribution in [2.45, 2.75) is 26.4 Å². The number of rotatable bonds is 3. The summed E-state index contributed by atoms with van der Waals surface area (Å²) < 4.78 is 11.2. The van der Waals surface area contributed by atoms with Crippen LogP contribution in [0.2, 0.25) is 0 Å². The first kappa shape index (κ1) is 20.6. The van der Waals surface area contributed by atoms with E-state index in [1.807, 2.05) is 20.8 Å². The summed E-state index contributed by atoms with van der Waals surface area (Å²) in [5.74, 6) is 1.21. The van der Waals surface area contributed by atoms with Crippen LogP contribution < -0.4 is 15.2 Å². The first-order valence-electron chi connectivity index (χ1n) is 9.99. The van der Waals surface area contributed by atoms with Gasteiger partial charge in [-0.05, 0) is 32.9 Å². The number of piperazine rings is 1. The average Bonchev–Trinajstić information content (AvgIpc) is 2.73. The summed E-state index contributed by atoms with van der Waals surface area (Å²) in [5, 5.41) is 0.445. The van der Waals surface area contributed by atoms with Crippen molar-refractivity contribution < 1.29 is 14.3 Å². The monoisotopic (exact) mass is 424 g/mol. The molecule has 3 aromatic heterocycles. The van der Waals surface area contributed by atoms with Gasteiger partial charge in [-0.25, -0.2) is 9.78 Å². The smallest absolute Gasteiger partial charge is 0.410 e. The Balaban J connectivity index is 1.44. The third kappa shape index (κ3) is 4.90. The van der Waals surface area contributed by atoms with Gasteiger partial charge in [0.2, 0.25) is 0 Å². The molecule has 31 heavy (non-hydrogen) atoms. The fraction of sp³-hybridized carbons (Fsp3) is 0.381. The van der Waals surface area contributed by atoms with Crippen LogP contribution in [0.3, 0.4) is 0 Å². The molecule has 10 heteroatoms. The molecule has 3 aromatic rings. The zero-order valence-corrected chi connectivity index (χ0v) is 17.7. The van der Waals surface area contributed by atoms with Crippen molar-refractivity contribution in [1.82, 2.24) is 24.8 Å². The maximum atomic E-state index is 12.2. The minimum atomic E-state index is -0.519. The Labute approximate surface area is 178 Å². The number of nitrogens with zero attached hydrogens (tertiary/aromatic N) is 5. The van der Waals surface area contributed by atoms with Gasteiger partial charge in [-0.2, -0.15) is 4.98 Å². The number of pyridine rings is 2. The number of amides is 1. The molecule has 1 saturated heterocycles. The number of carbonyl (C=O) groups excluding carboxylic acids is 1. The Morgan fingerprint density at radius 1 is 1.13 bits per heavy atom. The fourth-order valence-corrected chi connectivity index (χ4v) is 3.21. The molecule has 4 rings (SSSR count). The van der Waals surface area contributed by atoms with Crippen molar-refractivity contribution in [2.24, 2.45) is 0 Å². The van der Waals surface area contributed by atoms with Gasteiger partial charge in [-0.15, -0.1) is 0 Å². The topological polar surface area (TPSA) is 114 Å². The Kier molecular flexibility index (Phi) is 5.45. The Morgan fingerprint density at radius 3 is 2.65 bits per heavy atom. The van der Waals surface area contributed by atoms with Crippen LogP contribution >= 0.6 is 0 Å². The second-order valence-electron chi connectivity index (χ2n) is 8.17. The van der Waals surface area contributed by atoms with Crippen molar-refractivity contribution in [1.29, 1.82) is 0 Å². The van der Waals surface area contributed by atoms with Gasteiger partial charge in [0.05, 0.1) is 17.1 Å². The quantitative estimate of drug-likeness (QED) is 0.682. The van der Waals surface area contributed by atoms with E-state index in [9.17, 15) is 9.59 Å². The Bertz CT molecular complexity index is 1150. The molecule has 1 aliphatic heterocycles. The highest BCUT2D eigenvalue weighted by Crippen LogP contribution is 2.23. The summed E-state index contributed by atoms with van der Waals surface area (Å²) in [6.45, 7) is 7.86. The van der Waals surface area contributed by atoms with E-state index in [1.165, 1.54) is 12.4 Å². The highest BCUT2D eigenvalue weighted by molar-refractivity contribution is 5.76. The van der Waals surface area contributed by atoms with Crippen molar-refractivity contribution in [3.05, 3.63) is 47.1 Å². The van der Waals surface area contributed by atoms with Gasteiger partial charge < -0.3 is 19.3 Å². The van der Waals surface area contributed by atoms with Crippen molar-refractivity contribution in [3.8, 4) is 11.8 Å². The maximum Gasteiger partial charge on any atom is 0.410 e. The SMILES string of the molecule is CC(C)(C)OC(=O)N1CCN(c2cc(Oc3nc4cnccc4c(=O)[nH]3)ccn2)CC1. The Hall–Kier alpha value is -3.69. The van der Waals surface area contributed by atoms with Gasteiger partial charge in [0.1, 0.15) is 17.2 Å². The van der Waals surface area contributed by atoms with Crippen LogP contribution in [0.4, 0.5) is 10.6 Å². The lowest BCUT2D eigenvalue weighted by Gasteiger charge is -2.36. The summed E-state index contributed by atoms with van der Waals surface area (Å²) in [5.41, 5.74) is -0.362. The molecule has 0 aromatic carbocycles. The van der Waals surface area contributed by atoms with E-state index in [4.69, 9.17) is 9.47 Å². The van der Waals surface area contributed by atoms with E-state index in [0.717, 1.165) is 0 Å². The molecule has 0 unspecified atom stereocenters. The van der Waals surface area contributed by atoms with E-state index in [-0.39, 0.29) is 17.7 Å². The van der Waals surface area contributed by atoms with Gasteiger partial charge in [-0.1, -0.05) is 0 Å². The lowest BCUT2D eigenvalue weighted by Crippen LogP contribution is -2.50. The van der Waals surface area contributed by atoms with E-state index in [1.54, 1.807) is 29.3 Å². The molecule has 1 N–H and O–H groups in total. The normalized spacial score (nSPS) is 14.5. The molecule has 10 nitrogen and oxygen atoms in total. The third-order valence-corrected chi connectivity index (χ3v) is 4.67. The van der Waals surface area contributed by atoms with Gasteiger partial charge in [-0.3, -0.25) is 14.8 Å². The fourth-order valence-electron chi connectivity index (χ4n) is 3.21. The van der Waals surface area contributed by atoms with E-state index in [2.05, 4.69) is 24.8 Å². The molecular formula is C21H24N6O4. The molecule has 4 heterocycles. The van der Waals surface area contributed by atoms with Crippen LogP contribution in [-0.4, -0.2) is 62.7 Å². The molecule has 162 valence electrons. The molecule has 0 aliphatic carbocycles. The first-order chi connectivity index (χ1) is 14.8. The second kappa shape index (κ2) is 8.21. The number of nitrogens with one attached hydrogen (secondary N) is 1. The number of fused-ring (bicyclic) bond motifs is 1. The summed E-state index contributed by atoms with van der Waals surface area (Å²) in [4.78, 5) is 43.5. The van der Waals surface area contributed by atoms with Crippen LogP contribution in [-0.2, 0) is 4.74 Å². The number of anilines is 1. The lowest BCUT2D eigenvalue weighted by atomic mass is 10.2. The highest BCUT2D eigenvalue weighted by Gasteiger charge is 2.26. The lowest BCUT2D eigenvalue weighted by molar-refractivity contribution is 0.0240. The van der Waals surface area contributed by atoms with Gasteiger partial charge >= 0.3 is 12.1 Å². The summed E-state index contributed by atoms with van der Waals surface area (Å²) in [6.07, 6.45) is 4.38. The third-order valence-electron chi connectivity index (χ3n) is 4.67. The van der Waals surface area contributed by atoms with Crippen LogP contribution in [0.25, 0.3) is 10.9 Å². The van der Waals surface area contributed by atoms with Crippen LogP contribution in [0.1, 0.15) is 20.8 Å². The Morgan fingerprint density at radius 2 is 1.90 bits per heavy atom. The number of aromatic amines is 1. The molecule has 1 amide bonds. The molecule has 1 aliphatic rings. The average molecular weight is 424 g/mol. The number of carbonyl (C=O) groups is 1. The van der Waals surface area contributed by atoms with Crippen molar-refractivity contribution >= 4 is 22.8 Å². The number of hydrogen-bond donors (Lipinski definition) is 1. The molecule has 0 spiro atoms. The van der Waals surface area contributed by atoms with Crippen molar-refractivity contribution in [2.75, 3.05) is 31.1 Å². The summed E-state index contributed by atoms with van der Waals surface area (Å²) in [7, 11) is 0. The van der Waals surface area contributed by atoms with Crippen LogP contribution in [0.15, 0.2) is 41.6 Å². The molecule has 0 bridgehead atoms. The number of H-pyrrole nitrogens is 1. The van der Waals surface area contributed by atoms with Crippen LogP contribution in [0.5, 0.6) is 11.8 Å². The summed E-state index contributed by atoms with van der Waals surface area (Å²) in [6, 6.07) is 5.15. The number of ether oxygens (including phenoxy) is 2. The molecular weight excluding hydrogens is 400 g/mol. The van der Waals surface area contributed by atoms with Crippen LogP contribution in [0, 0.1) is 0 Å². The predicted octanol–water partition coefficient (Wildman–Crippen LogP) is 2.56. The standard InChI is InChI=1S/C21H24N6O4/c1-21(2,3)31-20(29)27-10-8-26(9-11-27)17-12-14(4-7-23-17)30-19-24-16-13-22-6-5-15(16)18(28)25-19/h4-7,12-13H,8-11H2,1-3H3,(H,24,25,28). The van der Waals surface area contributed by atoms with Gasteiger partial charge in [0, 0.05) is 44.6 Å². The predicted molar refractivity (Wildman–Crippen MR) is 114 cm³/mol. The van der Waals surface area contributed by atoms with Gasteiger partial charge in [0.15, 0.2) is 0 Å². The molecule has 0 atom stereocenters. The van der Waals surface area contributed by atoms with Crippen molar-refractivity contribution in [3.63, 3.8) is 0 Å². The first-order valence-corrected chi connectivity index (χ1v) is 9.99. The number of aromatic nitrogens is 4. The number of hydrogen-bond acceptors (Lipinski definition) is 8. The second-order valence-corrected chi connectivity index (χ2v) is 8.17. The highest BCUT2D eigenvalue weighted by atomic mass is 16.6. The van der Waals surface area contributed by atoms with Gasteiger partial charge in [0.25, 0.3) is 5.56 Å².